The standard InChI is InChI=1S/C21H17N3O3/c1-26-19-10-5-11-23-20(19)24-21(25)15-8-4-9-18(12-15)27-14-17-7-3-2-6-16(17)13-22/h2-12H,14H2,1H3,(H,23,24,25). The predicted molar refractivity (Wildman–Crippen MR) is 101 cm³/mol. The molecule has 3 rings (SSSR count). The van der Waals surface area contributed by atoms with Crippen LogP contribution in [-0.2, 0) is 6.61 Å². The lowest BCUT2D eigenvalue weighted by Crippen LogP contribution is -2.13. The third-order valence-corrected chi connectivity index (χ3v) is 3.85. The summed E-state index contributed by atoms with van der Waals surface area (Å²) < 4.78 is 10.9. The Morgan fingerprint density at radius 2 is 2.00 bits per heavy atom. The minimum absolute atomic E-state index is 0.239. The van der Waals surface area contributed by atoms with Gasteiger partial charge in [0.1, 0.15) is 12.4 Å². The van der Waals surface area contributed by atoms with Crippen LogP contribution in [0, 0.1) is 11.3 Å². The number of methoxy groups -OCH3 is 1. The molecule has 1 N–H and O–H groups in total. The molecule has 0 spiro atoms. The molecule has 1 heterocycles. The first-order valence-corrected chi connectivity index (χ1v) is 8.22. The van der Waals surface area contributed by atoms with Crippen LogP contribution in [0.4, 0.5) is 5.82 Å². The van der Waals surface area contributed by atoms with Gasteiger partial charge in [-0.05, 0) is 36.4 Å². The number of nitriles is 1. The molecule has 0 unspecified atom stereocenters. The third kappa shape index (κ3) is 4.41. The largest absolute Gasteiger partial charge is 0.493 e. The van der Waals surface area contributed by atoms with Crippen LogP contribution in [0.3, 0.4) is 0 Å². The molecule has 2 aromatic carbocycles. The van der Waals surface area contributed by atoms with Crippen LogP contribution in [-0.4, -0.2) is 18.0 Å². The second kappa shape index (κ2) is 8.50. The number of carbonyl (C=O) groups is 1. The van der Waals surface area contributed by atoms with Crippen LogP contribution in [0.15, 0.2) is 66.9 Å². The van der Waals surface area contributed by atoms with Gasteiger partial charge in [0, 0.05) is 17.3 Å². The highest BCUT2D eigenvalue weighted by Crippen LogP contribution is 2.22. The molecule has 0 saturated heterocycles. The normalized spacial score (nSPS) is 9.93. The van der Waals surface area contributed by atoms with Crippen LogP contribution in [0.25, 0.3) is 0 Å². The van der Waals surface area contributed by atoms with Gasteiger partial charge in [-0.3, -0.25) is 4.79 Å². The number of benzene rings is 2. The van der Waals surface area contributed by atoms with Gasteiger partial charge in [-0.1, -0.05) is 24.3 Å². The van der Waals surface area contributed by atoms with Crippen molar-refractivity contribution in [2.75, 3.05) is 12.4 Å². The van der Waals surface area contributed by atoms with E-state index in [0.717, 1.165) is 5.56 Å². The summed E-state index contributed by atoms with van der Waals surface area (Å²) in [6, 6.07) is 19.6. The van der Waals surface area contributed by atoms with E-state index in [1.54, 1.807) is 54.7 Å². The van der Waals surface area contributed by atoms with Crippen molar-refractivity contribution < 1.29 is 14.3 Å². The highest BCUT2D eigenvalue weighted by Gasteiger charge is 2.11. The van der Waals surface area contributed by atoms with Crippen LogP contribution in [0.5, 0.6) is 11.5 Å². The van der Waals surface area contributed by atoms with Gasteiger partial charge in [-0.15, -0.1) is 0 Å². The molecule has 0 aliphatic carbocycles. The smallest absolute Gasteiger partial charge is 0.257 e. The van der Waals surface area contributed by atoms with E-state index in [4.69, 9.17) is 14.7 Å². The number of nitrogens with one attached hydrogen (secondary N) is 1. The van der Waals surface area contributed by atoms with Crippen molar-refractivity contribution in [1.29, 1.82) is 5.26 Å². The van der Waals surface area contributed by atoms with Crippen molar-refractivity contribution in [2.24, 2.45) is 0 Å². The Morgan fingerprint density at radius 1 is 1.15 bits per heavy atom. The summed E-state index contributed by atoms with van der Waals surface area (Å²) in [5.74, 6) is 1.03. The number of nitrogens with zero attached hydrogens (tertiary/aromatic N) is 2. The molecule has 6 heteroatoms. The lowest BCUT2D eigenvalue weighted by Gasteiger charge is -2.10. The zero-order chi connectivity index (χ0) is 19.1. The fourth-order valence-corrected chi connectivity index (χ4v) is 2.47. The molecule has 1 amide bonds. The van der Waals surface area contributed by atoms with Crippen molar-refractivity contribution in [3.8, 4) is 17.6 Å². The monoisotopic (exact) mass is 359 g/mol. The third-order valence-electron chi connectivity index (χ3n) is 3.85. The number of amides is 1. The first-order chi connectivity index (χ1) is 13.2. The van der Waals surface area contributed by atoms with Gasteiger partial charge >= 0.3 is 0 Å². The van der Waals surface area contributed by atoms with Gasteiger partial charge in [0.25, 0.3) is 5.91 Å². The van der Waals surface area contributed by atoms with E-state index < -0.39 is 0 Å². The maximum Gasteiger partial charge on any atom is 0.257 e. The minimum Gasteiger partial charge on any atom is -0.493 e. The molecule has 0 atom stereocenters. The summed E-state index contributed by atoms with van der Waals surface area (Å²) in [6.45, 7) is 0.239. The van der Waals surface area contributed by atoms with Crippen molar-refractivity contribution in [2.45, 2.75) is 6.61 Å². The maximum atomic E-state index is 12.5. The Morgan fingerprint density at radius 3 is 2.81 bits per heavy atom. The van der Waals surface area contributed by atoms with Gasteiger partial charge < -0.3 is 14.8 Å². The molecule has 134 valence electrons. The van der Waals surface area contributed by atoms with Gasteiger partial charge in [0.15, 0.2) is 11.6 Å². The van der Waals surface area contributed by atoms with Crippen LogP contribution >= 0.6 is 0 Å². The molecule has 27 heavy (non-hydrogen) atoms. The first-order valence-electron chi connectivity index (χ1n) is 8.22. The Bertz CT molecular complexity index is 996. The van der Waals surface area contributed by atoms with Crippen molar-refractivity contribution in [3.63, 3.8) is 0 Å². The van der Waals surface area contributed by atoms with E-state index in [1.165, 1.54) is 7.11 Å². The van der Waals surface area contributed by atoms with Gasteiger partial charge in [-0.2, -0.15) is 5.26 Å². The molecule has 0 bridgehead atoms. The number of hydrogen-bond acceptors (Lipinski definition) is 5. The molecule has 3 aromatic rings. The van der Waals surface area contributed by atoms with E-state index in [-0.39, 0.29) is 12.5 Å². The number of ether oxygens (including phenoxy) is 2. The molecule has 0 fully saturated rings. The van der Waals surface area contributed by atoms with E-state index in [1.807, 2.05) is 12.1 Å². The quantitative estimate of drug-likeness (QED) is 0.724. The Balaban J connectivity index is 1.71. The van der Waals surface area contributed by atoms with Crippen LogP contribution in [0.2, 0.25) is 0 Å². The second-order valence-electron chi connectivity index (χ2n) is 5.59. The van der Waals surface area contributed by atoms with E-state index in [2.05, 4.69) is 16.4 Å². The number of carbonyl (C=O) groups excluding carboxylic acids is 1. The zero-order valence-corrected chi connectivity index (χ0v) is 14.7. The van der Waals surface area contributed by atoms with Gasteiger partial charge in [-0.25, -0.2) is 4.98 Å². The average Bonchev–Trinajstić information content (AvgIpc) is 2.73. The maximum absolute atomic E-state index is 12.5. The topological polar surface area (TPSA) is 84.2 Å². The fraction of sp³-hybridized carbons (Fsp3) is 0.0952. The fourth-order valence-electron chi connectivity index (χ4n) is 2.47. The molecule has 0 aliphatic rings. The molecular formula is C21H17N3O3. The van der Waals surface area contributed by atoms with E-state index >= 15 is 0 Å². The molecule has 1 aromatic heterocycles. The number of pyridine rings is 1. The first kappa shape index (κ1) is 18.0. The van der Waals surface area contributed by atoms with E-state index in [0.29, 0.717) is 28.4 Å². The molecule has 6 nitrogen and oxygen atoms in total. The molecule has 0 saturated carbocycles. The van der Waals surface area contributed by atoms with E-state index in [9.17, 15) is 4.79 Å². The SMILES string of the molecule is COc1cccnc1NC(=O)c1cccc(OCc2ccccc2C#N)c1. The van der Waals surface area contributed by atoms with Gasteiger partial charge in [0.05, 0.1) is 18.7 Å². The summed E-state index contributed by atoms with van der Waals surface area (Å²) in [4.78, 5) is 16.6. The average molecular weight is 359 g/mol. The van der Waals surface area contributed by atoms with Crippen molar-refractivity contribution >= 4 is 11.7 Å². The summed E-state index contributed by atoms with van der Waals surface area (Å²) in [6.07, 6.45) is 1.57. The lowest BCUT2D eigenvalue weighted by atomic mass is 10.1. The second-order valence-corrected chi connectivity index (χ2v) is 5.59. The number of aromatic nitrogens is 1. The van der Waals surface area contributed by atoms with Crippen molar-refractivity contribution in [1.82, 2.24) is 4.98 Å². The highest BCUT2D eigenvalue weighted by atomic mass is 16.5. The molecule has 0 aliphatic heterocycles. The number of anilines is 1. The Labute approximate surface area is 157 Å². The Hall–Kier alpha value is -3.85. The summed E-state index contributed by atoms with van der Waals surface area (Å²) >= 11 is 0. The van der Waals surface area contributed by atoms with Crippen molar-refractivity contribution in [3.05, 3.63) is 83.6 Å². The van der Waals surface area contributed by atoms with Gasteiger partial charge in [0.2, 0.25) is 0 Å². The number of rotatable bonds is 6. The van der Waals surface area contributed by atoms with Crippen LogP contribution in [0.1, 0.15) is 21.5 Å². The lowest BCUT2D eigenvalue weighted by molar-refractivity contribution is 0.102. The van der Waals surface area contributed by atoms with Crippen LogP contribution < -0.4 is 14.8 Å². The predicted octanol–water partition coefficient (Wildman–Crippen LogP) is 3.79. The Kier molecular flexibility index (Phi) is 5.65. The molecular weight excluding hydrogens is 342 g/mol. The summed E-state index contributed by atoms with van der Waals surface area (Å²) in [5.41, 5.74) is 1.77. The highest BCUT2D eigenvalue weighted by molar-refractivity contribution is 6.04. The zero-order valence-electron chi connectivity index (χ0n) is 14.7. The summed E-state index contributed by atoms with van der Waals surface area (Å²) in [7, 11) is 1.51. The number of hydrogen-bond donors (Lipinski definition) is 1. The molecule has 0 radical (unpaired) electrons. The minimum atomic E-state index is -0.324. The summed E-state index contributed by atoms with van der Waals surface area (Å²) in [5, 5.41) is 11.9.